The van der Waals surface area contributed by atoms with Crippen LogP contribution >= 0.6 is 0 Å². The van der Waals surface area contributed by atoms with E-state index in [9.17, 15) is 0 Å². The zero-order valence-electron chi connectivity index (χ0n) is 13.3. The summed E-state index contributed by atoms with van der Waals surface area (Å²) in [4.78, 5) is 2.53. The van der Waals surface area contributed by atoms with Crippen molar-refractivity contribution in [3.8, 4) is 0 Å². The van der Waals surface area contributed by atoms with Gasteiger partial charge in [-0.1, -0.05) is 20.3 Å². The molecular formula is C16H34N2O. The summed E-state index contributed by atoms with van der Waals surface area (Å²) in [5, 5.41) is 3.73. The molecule has 19 heavy (non-hydrogen) atoms. The van der Waals surface area contributed by atoms with Gasteiger partial charge in [-0.15, -0.1) is 0 Å². The minimum Gasteiger partial charge on any atom is -0.380 e. The predicted octanol–water partition coefficient (Wildman–Crippen LogP) is 2.90. The minimum atomic E-state index is 0.783. The van der Waals surface area contributed by atoms with E-state index < -0.39 is 0 Å². The summed E-state index contributed by atoms with van der Waals surface area (Å²) < 4.78 is 5.46. The third kappa shape index (κ3) is 6.73. The Labute approximate surface area is 120 Å². The second kappa shape index (κ2) is 10.6. The molecule has 1 fully saturated rings. The van der Waals surface area contributed by atoms with Crippen molar-refractivity contribution in [3.63, 3.8) is 0 Å². The molecule has 0 amide bonds. The highest BCUT2D eigenvalue weighted by Crippen LogP contribution is 2.28. The summed E-state index contributed by atoms with van der Waals surface area (Å²) in [5.74, 6) is 0.896. The average Bonchev–Trinajstić information content (AvgIpc) is 2.88. The molecule has 1 aliphatic rings. The molecule has 0 aliphatic heterocycles. The molecule has 1 saturated carbocycles. The Bertz CT molecular complexity index is 211. The molecule has 0 bridgehead atoms. The van der Waals surface area contributed by atoms with Crippen molar-refractivity contribution in [1.29, 1.82) is 0 Å². The van der Waals surface area contributed by atoms with Crippen molar-refractivity contribution in [1.82, 2.24) is 10.2 Å². The monoisotopic (exact) mass is 270 g/mol. The van der Waals surface area contributed by atoms with Crippen LogP contribution in [0.3, 0.4) is 0 Å². The van der Waals surface area contributed by atoms with Crippen molar-refractivity contribution in [2.45, 2.75) is 58.9 Å². The Balaban J connectivity index is 2.20. The molecule has 2 atom stereocenters. The van der Waals surface area contributed by atoms with Crippen molar-refractivity contribution < 1.29 is 4.74 Å². The van der Waals surface area contributed by atoms with Crippen molar-refractivity contribution >= 4 is 0 Å². The number of likely N-dealkylation sites (N-methyl/N-ethyl adjacent to an activating group) is 1. The van der Waals surface area contributed by atoms with Crippen LogP contribution in [0.25, 0.3) is 0 Å². The van der Waals surface area contributed by atoms with Gasteiger partial charge in [0, 0.05) is 19.2 Å². The number of rotatable bonds is 11. The van der Waals surface area contributed by atoms with Crippen LogP contribution in [0.15, 0.2) is 0 Å². The van der Waals surface area contributed by atoms with Crippen LogP contribution in [0.2, 0.25) is 0 Å². The maximum atomic E-state index is 5.46. The maximum absolute atomic E-state index is 5.46. The molecule has 0 saturated heterocycles. The Morgan fingerprint density at radius 2 is 2.00 bits per heavy atom. The number of hydrogen-bond donors (Lipinski definition) is 1. The lowest BCUT2D eigenvalue weighted by molar-refractivity contribution is 0.112. The Kier molecular flexibility index (Phi) is 9.48. The summed E-state index contributed by atoms with van der Waals surface area (Å²) in [7, 11) is 0. The van der Waals surface area contributed by atoms with E-state index in [1.54, 1.807) is 0 Å². The molecule has 1 N–H and O–H groups in total. The molecule has 1 aliphatic carbocycles. The third-order valence-electron chi connectivity index (χ3n) is 4.33. The molecule has 0 aromatic rings. The molecular weight excluding hydrogens is 236 g/mol. The van der Waals surface area contributed by atoms with E-state index in [1.807, 2.05) is 0 Å². The molecule has 2 unspecified atom stereocenters. The smallest absolute Gasteiger partial charge is 0.0593 e. The average molecular weight is 270 g/mol. The second-order valence-electron chi connectivity index (χ2n) is 5.67. The molecule has 3 heteroatoms. The van der Waals surface area contributed by atoms with Gasteiger partial charge in [0.05, 0.1) is 6.61 Å². The Morgan fingerprint density at radius 3 is 2.68 bits per heavy atom. The van der Waals surface area contributed by atoms with Gasteiger partial charge in [0.15, 0.2) is 0 Å². The minimum absolute atomic E-state index is 0.783. The highest BCUT2D eigenvalue weighted by molar-refractivity contribution is 4.83. The summed E-state index contributed by atoms with van der Waals surface area (Å²) in [6, 6.07) is 0.783. The number of hydrogen-bond acceptors (Lipinski definition) is 3. The van der Waals surface area contributed by atoms with Crippen molar-refractivity contribution in [3.05, 3.63) is 0 Å². The normalized spacial score (nSPS) is 23.4. The fourth-order valence-electron chi connectivity index (χ4n) is 3.10. The van der Waals surface area contributed by atoms with E-state index in [0.717, 1.165) is 38.3 Å². The van der Waals surface area contributed by atoms with E-state index in [-0.39, 0.29) is 0 Å². The Morgan fingerprint density at radius 1 is 1.16 bits per heavy atom. The molecule has 0 heterocycles. The number of nitrogens with zero attached hydrogens (tertiary/aromatic N) is 1. The third-order valence-corrected chi connectivity index (χ3v) is 4.33. The van der Waals surface area contributed by atoms with Crippen LogP contribution in [0.4, 0.5) is 0 Å². The topological polar surface area (TPSA) is 24.5 Å². The summed E-state index contributed by atoms with van der Waals surface area (Å²) in [6.45, 7) is 12.9. The molecule has 1 rings (SSSR count). The van der Waals surface area contributed by atoms with Crippen LogP contribution in [-0.4, -0.2) is 50.3 Å². The standard InChI is InChI=1S/C16H34N2O/c1-4-11-17-16-9-7-8-15(16)10-12-18(5-2)13-14-19-6-3/h15-17H,4-14H2,1-3H3. The van der Waals surface area contributed by atoms with E-state index in [2.05, 4.69) is 31.0 Å². The zero-order valence-corrected chi connectivity index (χ0v) is 13.3. The first-order chi connectivity index (χ1) is 9.31. The lowest BCUT2D eigenvalue weighted by atomic mass is 9.99. The first-order valence-electron chi connectivity index (χ1n) is 8.35. The fraction of sp³-hybridized carbons (Fsp3) is 1.00. The van der Waals surface area contributed by atoms with E-state index in [4.69, 9.17) is 4.74 Å². The lowest BCUT2D eigenvalue weighted by Crippen LogP contribution is -2.36. The van der Waals surface area contributed by atoms with Crippen LogP contribution in [0.1, 0.15) is 52.9 Å². The molecule has 3 nitrogen and oxygen atoms in total. The first kappa shape index (κ1) is 16.9. The van der Waals surface area contributed by atoms with Crippen LogP contribution < -0.4 is 5.32 Å². The van der Waals surface area contributed by atoms with Crippen LogP contribution in [0, 0.1) is 5.92 Å². The maximum Gasteiger partial charge on any atom is 0.0593 e. The van der Waals surface area contributed by atoms with Gasteiger partial charge in [0.25, 0.3) is 0 Å². The second-order valence-corrected chi connectivity index (χ2v) is 5.67. The van der Waals surface area contributed by atoms with E-state index in [1.165, 1.54) is 45.2 Å². The first-order valence-corrected chi connectivity index (χ1v) is 8.35. The summed E-state index contributed by atoms with van der Waals surface area (Å²) in [5.41, 5.74) is 0. The lowest BCUT2D eigenvalue weighted by Gasteiger charge is -2.25. The summed E-state index contributed by atoms with van der Waals surface area (Å²) >= 11 is 0. The van der Waals surface area contributed by atoms with Gasteiger partial charge in [0.2, 0.25) is 0 Å². The van der Waals surface area contributed by atoms with Crippen LogP contribution in [0.5, 0.6) is 0 Å². The van der Waals surface area contributed by atoms with Crippen LogP contribution in [-0.2, 0) is 4.74 Å². The van der Waals surface area contributed by atoms with Crippen molar-refractivity contribution in [2.75, 3.05) is 39.4 Å². The van der Waals surface area contributed by atoms with E-state index >= 15 is 0 Å². The quantitative estimate of drug-likeness (QED) is 0.584. The molecule has 0 spiro atoms. The largest absolute Gasteiger partial charge is 0.380 e. The molecule has 114 valence electrons. The Hall–Kier alpha value is -0.120. The van der Waals surface area contributed by atoms with Crippen molar-refractivity contribution in [2.24, 2.45) is 5.92 Å². The molecule has 0 radical (unpaired) electrons. The number of nitrogens with one attached hydrogen (secondary N) is 1. The van der Waals surface area contributed by atoms with Gasteiger partial charge in [0.1, 0.15) is 0 Å². The molecule has 0 aromatic heterocycles. The van der Waals surface area contributed by atoms with Gasteiger partial charge in [-0.3, -0.25) is 0 Å². The van der Waals surface area contributed by atoms with Gasteiger partial charge in [-0.2, -0.15) is 0 Å². The van der Waals surface area contributed by atoms with Gasteiger partial charge < -0.3 is 15.0 Å². The molecule has 0 aromatic carbocycles. The van der Waals surface area contributed by atoms with E-state index in [0.29, 0.717) is 0 Å². The fourth-order valence-corrected chi connectivity index (χ4v) is 3.10. The number of ether oxygens (including phenoxy) is 1. The SMILES string of the molecule is CCCNC1CCCC1CCN(CC)CCOCC. The van der Waals surface area contributed by atoms with Gasteiger partial charge in [-0.25, -0.2) is 0 Å². The van der Waals surface area contributed by atoms with Gasteiger partial charge in [-0.05, 0) is 58.2 Å². The zero-order chi connectivity index (χ0) is 13.9. The highest BCUT2D eigenvalue weighted by Gasteiger charge is 2.26. The highest BCUT2D eigenvalue weighted by atomic mass is 16.5. The van der Waals surface area contributed by atoms with Gasteiger partial charge >= 0.3 is 0 Å². The predicted molar refractivity (Wildman–Crippen MR) is 82.6 cm³/mol. The summed E-state index contributed by atoms with van der Waals surface area (Å²) in [6.07, 6.45) is 6.82.